The molecule has 1 aromatic rings. The molecule has 0 amide bonds. The van der Waals surface area contributed by atoms with E-state index < -0.39 is 5.97 Å². The molecule has 0 aliphatic heterocycles. The van der Waals surface area contributed by atoms with Gasteiger partial charge in [0.1, 0.15) is 5.69 Å². The Bertz CT molecular complexity index is 394. The number of carbonyl (C=O) groups is 1. The molecule has 1 heterocycles. The van der Waals surface area contributed by atoms with Crippen molar-refractivity contribution in [2.24, 2.45) is 0 Å². The van der Waals surface area contributed by atoms with Gasteiger partial charge < -0.3 is 5.11 Å². The SMILES string of the molecule is CC(C)n1nc2c(c1C(=O)O)CCCC2. The topological polar surface area (TPSA) is 55.1 Å². The highest BCUT2D eigenvalue weighted by Crippen LogP contribution is 2.25. The van der Waals surface area contributed by atoms with Crippen LogP contribution in [0.5, 0.6) is 0 Å². The average molecular weight is 208 g/mol. The Morgan fingerprint density at radius 2 is 2.07 bits per heavy atom. The molecule has 0 atom stereocenters. The summed E-state index contributed by atoms with van der Waals surface area (Å²) in [5.41, 5.74) is 2.36. The van der Waals surface area contributed by atoms with E-state index in [9.17, 15) is 9.90 Å². The van der Waals surface area contributed by atoms with Gasteiger partial charge in [0.25, 0.3) is 0 Å². The molecule has 1 N–H and O–H groups in total. The molecule has 0 saturated carbocycles. The summed E-state index contributed by atoms with van der Waals surface area (Å²) < 4.78 is 1.65. The molecule has 0 saturated heterocycles. The predicted molar refractivity (Wildman–Crippen MR) is 56.2 cm³/mol. The quantitative estimate of drug-likeness (QED) is 0.809. The summed E-state index contributed by atoms with van der Waals surface area (Å²) in [5.74, 6) is -0.848. The van der Waals surface area contributed by atoms with Crippen LogP contribution < -0.4 is 0 Å². The molecule has 15 heavy (non-hydrogen) atoms. The Labute approximate surface area is 88.9 Å². The number of aromatic carboxylic acids is 1. The normalized spacial score (nSPS) is 15.4. The summed E-state index contributed by atoms with van der Waals surface area (Å²) in [6, 6.07) is 0.113. The number of hydrogen-bond acceptors (Lipinski definition) is 2. The summed E-state index contributed by atoms with van der Waals surface area (Å²) in [6.45, 7) is 3.93. The standard InChI is InChI=1S/C11H16N2O2/c1-7(2)13-10(11(14)15)8-5-3-4-6-9(8)12-13/h7H,3-6H2,1-2H3,(H,14,15). The average Bonchev–Trinajstić information content (AvgIpc) is 2.56. The van der Waals surface area contributed by atoms with Gasteiger partial charge >= 0.3 is 5.97 Å². The lowest BCUT2D eigenvalue weighted by Crippen LogP contribution is -2.13. The van der Waals surface area contributed by atoms with E-state index in [0.29, 0.717) is 5.69 Å². The van der Waals surface area contributed by atoms with Gasteiger partial charge in [-0.05, 0) is 39.5 Å². The van der Waals surface area contributed by atoms with Gasteiger partial charge in [-0.3, -0.25) is 4.68 Å². The monoisotopic (exact) mass is 208 g/mol. The Morgan fingerprint density at radius 1 is 1.40 bits per heavy atom. The maximum Gasteiger partial charge on any atom is 0.354 e. The highest BCUT2D eigenvalue weighted by atomic mass is 16.4. The maximum absolute atomic E-state index is 11.2. The highest BCUT2D eigenvalue weighted by Gasteiger charge is 2.25. The summed E-state index contributed by atoms with van der Waals surface area (Å²) in [7, 11) is 0. The summed E-state index contributed by atoms with van der Waals surface area (Å²) in [4.78, 5) is 11.2. The van der Waals surface area contributed by atoms with Crippen LogP contribution in [0.1, 0.15) is 54.5 Å². The second-order valence-electron chi connectivity index (χ2n) is 4.32. The fraction of sp³-hybridized carbons (Fsp3) is 0.636. The Kier molecular flexibility index (Phi) is 2.50. The lowest BCUT2D eigenvalue weighted by Gasteiger charge is -2.10. The Hall–Kier alpha value is -1.32. The van der Waals surface area contributed by atoms with Crippen molar-refractivity contribution in [1.82, 2.24) is 9.78 Å². The molecule has 4 nitrogen and oxygen atoms in total. The molecule has 1 aliphatic rings. The first-order chi connectivity index (χ1) is 7.11. The van der Waals surface area contributed by atoms with E-state index in [0.717, 1.165) is 36.9 Å². The molecule has 0 bridgehead atoms. The lowest BCUT2D eigenvalue weighted by molar-refractivity contribution is 0.0680. The zero-order chi connectivity index (χ0) is 11.0. The Balaban J connectivity index is 2.56. The molecule has 0 unspecified atom stereocenters. The first-order valence-corrected chi connectivity index (χ1v) is 5.44. The highest BCUT2D eigenvalue weighted by molar-refractivity contribution is 5.88. The first-order valence-electron chi connectivity index (χ1n) is 5.44. The van der Waals surface area contributed by atoms with Gasteiger partial charge in [0, 0.05) is 11.6 Å². The lowest BCUT2D eigenvalue weighted by atomic mass is 9.96. The number of aromatic nitrogens is 2. The number of fused-ring (bicyclic) bond motifs is 1. The largest absolute Gasteiger partial charge is 0.477 e. The minimum atomic E-state index is -0.848. The smallest absolute Gasteiger partial charge is 0.354 e. The van der Waals surface area contributed by atoms with Crippen molar-refractivity contribution in [3.63, 3.8) is 0 Å². The van der Waals surface area contributed by atoms with Crippen LogP contribution in [0.2, 0.25) is 0 Å². The molecular weight excluding hydrogens is 192 g/mol. The third kappa shape index (κ3) is 1.64. The molecule has 0 spiro atoms. The van der Waals surface area contributed by atoms with Gasteiger partial charge in [0.2, 0.25) is 0 Å². The van der Waals surface area contributed by atoms with Gasteiger partial charge in [-0.1, -0.05) is 0 Å². The van der Waals surface area contributed by atoms with E-state index in [2.05, 4.69) is 5.10 Å². The third-order valence-corrected chi connectivity index (χ3v) is 2.87. The van der Waals surface area contributed by atoms with Gasteiger partial charge in [0.05, 0.1) is 5.69 Å². The third-order valence-electron chi connectivity index (χ3n) is 2.87. The molecule has 1 aliphatic carbocycles. The van der Waals surface area contributed by atoms with Crippen molar-refractivity contribution in [3.05, 3.63) is 17.0 Å². The van der Waals surface area contributed by atoms with Crippen molar-refractivity contribution in [2.75, 3.05) is 0 Å². The van der Waals surface area contributed by atoms with Crippen molar-refractivity contribution in [1.29, 1.82) is 0 Å². The minimum absolute atomic E-state index is 0.113. The molecule has 82 valence electrons. The van der Waals surface area contributed by atoms with Gasteiger partial charge in [-0.15, -0.1) is 0 Å². The van der Waals surface area contributed by atoms with E-state index in [1.165, 1.54) is 0 Å². The van der Waals surface area contributed by atoms with Gasteiger partial charge in [0.15, 0.2) is 0 Å². The van der Waals surface area contributed by atoms with E-state index in [4.69, 9.17) is 0 Å². The summed E-state index contributed by atoms with van der Waals surface area (Å²) >= 11 is 0. The van der Waals surface area contributed by atoms with Crippen molar-refractivity contribution in [2.45, 2.75) is 45.6 Å². The zero-order valence-electron chi connectivity index (χ0n) is 9.16. The van der Waals surface area contributed by atoms with Crippen molar-refractivity contribution < 1.29 is 9.90 Å². The van der Waals surface area contributed by atoms with Crippen LogP contribution in [0.3, 0.4) is 0 Å². The van der Waals surface area contributed by atoms with E-state index in [-0.39, 0.29) is 6.04 Å². The van der Waals surface area contributed by atoms with Crippen LogP contribution in [0.25, 0.3) is 0 Å². The summed E-state index contributed by atoms with van der Waals surface area (Å²) in [6.07, 6.45) is 4.00. The molecule has 2 rings (SSSR count). The van der Waals surface area contributed by atoms with Crippen LogP contribution in [0, 0.1) is 0 Å². The maximum atomic E-state index is 11.2. The fourth-order valence-electron chi connectivity index (χ4n) is 2.17. The van der Waals surface area contributed by atoms with Crippen LogP contribution in [-0.2, 0) is 12.8 Å². The van der Waals surface area contributed by atoms with Crippen molar-refractivity contribution >= 4 is 5.97 Å². The predicted octanol–water partition coefficient (Wildman–Crippen LogP) is 2.04. The molecule has 0 fully saturated rings. The molecule has 0 radical (unpaired) electrons. The molecule has 0 aromatic carbocycles. The van der Waals surface area contributed by atoms with Crippen LogP contribution in [-0.4, -0.2) is 20.9 Å². The van der Waals surface area contributed by atoms with Gasteiger partial charge in [-0.25, -0.2) is 4.79 Å². The second-order valence-corrected chi connectivity index (χ2v) is 4.32. The van der Waals surface area contributed by atoms with Gasteiger partial charge in [-0.2, -0.15) is 5.10 Å². The first kappa shape index (κ1) is 10.2. The number of carboxylic acids is 1. The van der Waals surface area contributed by atoms with Crippen LogP contribution >= 0.6 is 0 Å². The number of rotatable bonds is 2. The van der Waals surface area contributed by atoms with E-state index >= 15 is 0 Å². The number of carboxylic acid groups (broad SMARTS) is 1. The number of aryl methyl sites for hydroxylation is 1. The fourth-order valence-corrected chi connectivity index (χ4v) is 2.17. The number of nitrogens with zero attached hydrogens (tertiary/aromatic N) is 2. The zero-order valence-corrected chi connectivity index (χ0v) is 9.16. The molecule has 4 heteroatoms. The summed E-state index contributed by atoms with van der Waals surface area (Å²) in [5, 5.41) is 13.6. The van der Waals surface area contributed by atoms with Crippen molar-refractivity contribution in [3.8, 4) is 0 Å². The second kappa shape index (κ2) is 3.68. The minimum Gasteiger partial charge on any atom is -0.477 e. The van der Waals surface area contributed by atoms with E-state index in [1.807, 2.05) is 13.8 Å². The van der Waals surface area contributed by atoms with E-state index in [1.54, 1.807) is 4.68 Å². The Morgan fingerprint density at radius 3 is 2.67 bits per heavy atom. The van der Waals surface area contributed by atoms with Crippen LogP contribution in [0.15, 0.2) is 0 Å². The van der Waals surface area contributed by atoms with Crippen LogP contribution in [0.4, 0.5) is 0 Å². The number of hydrogen-bond donors (Lipinski definition) is 1. The molecule has 1 aromatic heterocycles. The molecular formula is C11H16N2O2.